The summed E-state index contributed by atoms with van der Waals surface area (Å²) in [5, 5.41) is 0.0651. The Morgan fingerprint density at radius 3 is 2.59 bits per heavy atom. The predicted molar refractivity (Wildman–Crippen MR) is 81.6 cm³/mol. The number of fused-ring (bicyclic) bond motifs is 1. The van der Waals surface area contributed by atoms with Gasteiger partial charge >= 0.3 is 0 Å². The fraction of sp³-hybridized carbons (Fsp3) is 0.0667. The summed E-state index contributed by atoms with van der Waals surface area (Å²) in [4.78, 5) is 8.62. The summed E-state index contributed by atoms with van der Waals surface area (Å²) in [6.07, 6.45) is 1.51. The number of hydrogen-bond acceptors (Lipinski definition) is 4. The van der Waals surface area contributed by atoms with Crippen LogP contribution in [0.5, 0.6) is 5.75 Å². The highest BCUT2D eigenvalue weighted by atomic mass is 35.5. The summed E-state index contributed by atoms with van der Waals surface area (Å²) in [7, 11) is 1.34. The summed E-state index contributed by atoms with van der Waals surface area (Å²) in [6, 6.07) is 8.64. The molecule has 3 nitrogen and oxygen atoms in total. The largest absolute Gasteiger partial charge is 0.495 e. The van der Waals surface area contributed by atoms with Crippen LogP contribution in [0, 0.1) is 11.6 Å². The van der Waals surface area contributed by atoms with Crippen LogP contribution in [0.25, 0.3) is 11.0 Å². The average Bonchev–Trinajstić information content (AvgIpc) is 2.55. The van der Waals surface area contributed by atoms with Crippen molar-refractivity contribution in [3.05, 3.63) is 53.2 Å². The number of halogens is 3. The molecule has 0 saturated heterocycles. The summed E-state index contributed by atoms with van der Waals surface area (Å²) in [5.74, 6) is -2.11. The molecule has 0 aliphatic carbocycles. The smallest absolute Gasteiger partial charge is 0.182 e. The third-order valence-corrected chi connectivity index (χ3v) is 4.22. The number of methoxy groups -OCH3 is 1. The molecule has 0 unspecified atom stereocenters. The van der Waals surface area contributed by atoms with Crippen molar-refractivity contribution >= 4 is 34.4 Å². The molecule has 3 aromatic rings. The van der Waals surface area contributed by atoms with E-state index in [1.807, 2.05) is 18.2 Å². The Morgan fingerprint density at radius 2 is 1.86 bits per heavy atom. The minimum absolute atomic E-state index is 0.0309. The fourth-order valence-electron chi connectivity index (χ4n) is 1.88. The molecule has 0 N–H and O–H groups in total. The summed E-state index contributed by atoms with van der Waals surface area (Å²) >= 11 is 6.63. The van der Waals surface area contributed by atoms with Gasteiger partial charge in [0.1, 0.15) is 15.8 Å². The molecule has 7 heteroatoms. The second kappa shape index (κ2) is 6.06. The first-order valence-electron chi connectivity index (χ1n) is 6.21. The molecular weight excluding hydrogens is 330 g/mol. The number of aromatic nitrogens is 2. The summed E-state index contributed by atoms with van der Waals surface area (Å²) in [6.45, 7) is 0. The molecule has 0 spiro atoms. The third kappa shape index (κ3) is 2.71. The number of para-hydroxylation sites is 2. The average molecular weight is 339 g/mol. The molecule has 0 fully saturated rings. The van der Waals surface area contributed by atoms with Gasteiger partial charge in [0.05, 0.1) is 29.2 Å². The highest BCUT2D eigenvalue weighted by Gasteiger charge is 2.19. The zero-order valence-corrected chi connectivity index (χ0v) is 12.9. The molecule has 0 atom stereocenters. The molecule has 0 saturated carbocycles. The van der Waals surface area contributed by atoms with Gasteiger partial charge in [0.25, 0.3) is 0 Å². The van der Waals surface area contributed by atoms with Crippen LogP contribution in [0.3, 0.4) is 0 Å². The molecular formula is C15H9ClF2N2OS. The van der Waals surface area contributed by atoms with Crippen LogP contribution < -0.4 is 4.74 Å². The lowest BCUT2D eigenvalue weighted by molar-refractivity contribution is 0.402. The summed E-state index contributed by atoms with van der Waals surface area (Å²) < 4.78 is 32.7. The number of ether oxygens (including phenoxy) is 1. The van der Waals surface area contributed by atoms with Crippen molar-refractivity contribution < 1.29 is 13.5 Å². The Morgan fingerprint density at radius 1 is 1.14 bits per heavy atom. The van der Waals surface area contributed by atoms with Crippen molar-refractivity contribution in [2.24, 2.45) is 0 Å². The van der Waals surface area contributed by atoms with E-state index in [1.165, 1.54) is 19.4 Å². The highest BCUT2D eigenvalue weighted by molar-refractivity contribution is 7.99. The molecule has 1 aromatic heterocycles. The second-order valence-corrected chi connectivity index (χ2v) is 5.76. The molecule has 0 radical (unpaired) electrons. The van der Waals surface area contributed by atoms with Gasteiger partial charge in [-0.15, -0.1) is 0 Å². The molecule has 0 amide bonds. The van der Waals surface area contributed by atoms with E-state index in [1.54, 1.807) is 6.07 Å². The molecule has 0 bridgehead atoms. The van der Waals surface area contributed by atoms with Crippen LogP contribution in [0.4, 0.5) is 8.78 Å². The normalized spacial score (nSPS) is 10.9. The van der Waals surface area contributed by atoms with Crippen LogP contribution in [-0.4, -0.2) is 17.1 Å². The minimum Gasteiger partial charge on any atom is -0.495 e. The van der Waals surface area contributed by atoms with Crippen molar-refractivity contribution in [3.8, 4) is 5.75 Å². The lowest BCUT2D eigenvalue weighted by Crippen LogP contribution is -1.95. The molecule has 2 aromatic carbocycles. The van der Waals surface area contributed by atoms with Crippen molar-refractivity contribution in [3.63, 3.8) is 0 Å². The molecule has 1 heterocycles. The minimum atomic E-state index is -1.14. The first-order valence-corrected chi connectivity index (χ1v) is 7.40. The van der Waals surface area contributed by atoms with Gasteiger partial charge in [0.15, 0.2) is 11.6 Å². The van der Waals surface area contributed by atoms with Gasteiger partial charge in [-0.1, -0.05) is 35.5 Å². The maximum Gasteiger partial charge on any atom is 0.182 e. The van der Waals surface area contributed by atoms with Gasteiger partial charge in [-0.25, -0.2) is 13.8 Å². The summed E-state index contributed by atoms with van der Waals surface area (Å²) in [5.41, 5.74) is 1.40. The molecule has 3 rings (SSSR count). The van der Waals surface area contributed by atoms with Crippen LogP contribution >= 0.6 is 23.4 Å². The number of hydrogen-bond donors (Lipinski definition) is 0. The fourth-order valence-corrected chi connectivity index (χ4v) is 2.92. The number of rotatable bonds is 3. The standard InChI is InChI=1S/C15H9ClF2N2OS/c1-21-10-6-11(14(17)15(18)13(10)16)22-12-7-19-8-4-2-3-5-9(8)20-12/h2-7H,1H3. The van der Waals surface area contributed by atoms with Gasteiger partial charge < -0.3 is 4.74 Å². The first-order chi connectivity index (χ1) is 10.6. The van der Waals surface area contributed by atoms with E-state index in [-0.39, 0.29) is 15.7 Å². The Labute approximate surface area is 134 Å². The van der Waals surface area contributed by atoms with Crippen LogP contribution in [0.2, 0.25) is 5.02 Å². The first kappa shape index (κ1) is 15.0. The van der Waals surface area contributed by atoms with E-state index in [4.69, 9.17) is 16.3 Å². The van der Waals surface area contributed by atoms with Crippen LogP contribution in [0.15, 0.2) is 46.5 Å². The van der Waals surface area contributed by atoms with Gasteiger partial charge in [0.2, 0.25) is 0 Å². The number of benzene rings is 2. The topological polar surface area (TPSA) is 35.0 Å². The van der Waals surface area contributed by atoms with Crippen LogP contribution in [-0.2, 0) is 0 Å². The maximum atomic E-state index is 14.0. The Balaban J connectivity index is 2.02. The van der Waals surface area contributed by atoms with E-state index in [2.05, 4.69) is 9.97 Å². The van der Waals surface area contributed by atoms with E-state index >= 15 is 0 Å². The molecule has 0 aliphatic heterocycles. The lowest BCUT2D eigenvalue weighted by Gasteiger charge is -2.09. The molecule has 22 heavy (non-hydrogen) atoms. The highest BCUT2D eigenvalue weighted by Crippen LogP contribution is 2.38. The SMILES string of the molecule is COc1cc(Sc2cnc3ccccc3n2)c(F)c(F)c1Cl. The Hall–Kier alpha value is -1.92. The van der Waals surface area contributed by atoms with Gasteiger partial charge in [-0.2, -0.15) is 0 Å². The van der Waals surface area contributed by atoms with Gasteiger partial charge in [-0.3, -0.25) is 4.98 Å². The number of nitrogens with zero attached hydrogens (tertiary/aromatic N) is 2. The quantitative estimate of drug-likeness (QED) is 0.647. The van der Waals surface area contributed by atoms with E-state index in [0.717, 1.165) is 17.3 Å². The second-order valence-electron chi connectivity index (χ2n) is 4.32. The zero-order chi connectivity index (χ0) is 15.7. The Bertz CT molecular complexity index is 860. The maximum absolute atomic E-state index is 14.0. The lowest BCUT2D eigenvalue weighted by atomic mass is 10.3. The third-order valence-electron chi connectivity index (χ3n) is 2.94. The monoisotopic (exact) mass is 338 g/mol. The molecule has 112 valence electrons. The van der Waals surface area contributed by atoms with Gasteiger partial charge in [-0.05, 0) is 18.2 Å². The van der Waals surface area contributed by atoms with Crippen molar-refractivity contribution in [2.75, 3.05) is 7.11 Å². The van der Waals surface area contributed by atoms with Gasteiger partial charge in [0, 0.05) is 0 Å². The van der Waals surface area contributed by atoms with E-state index in [9.17, 15) is 8.78 Å². The van der Waals surface area contributed by atoms with Crippen molar-refractivity contribution in [1.29, 1.82) is 0 Å². The van der Waals surface area contributed by atoms with E-state index in [0.29, 0.717) is 10.5 Å². The zero-order valence-electron chi connectivity index (χ0n) is 11.3. The van der Waals surface area contributed by atoms with Crippen LogP contribution in [0.1, 0.15) is 0 Å². The van der Waals surface area contributed by atoms with E-state index < -0.39 is 11.6 Å². The van der Waals surface area contributed by atoms with Crippen molar-refractivity contribution in [1.82, 2.24) is 9.97 Å². The predicted octanol–water partition coefficient (Wildman–Crippen LogP) is 4.72. The Kier molecular flexibility index (Phi) is 4.13. The molecule has 0 aliphatic rings. The van der Waals surface area contributed by atoms with Crippen molar-refractivity contribution in [2.45, 2.75) is 9.92 Å².